The van der Waals surface area contributed by atoms with E-state index in [1.165, 1.54) is 4.31 Å². The molecule has 0 spiro atoms. The zero-order valence-electron chi connectivity index (χ0n) is 9.64. The van der Waals surface area contributed by atoms with Crippen molar-refractivity contribution in [3.63, 3.8) is 0 Å². The van der Waals surface area contributed by atoms with Crippen molar-refractivity contribution in [2.24, 2.45) is 5.73 Å². The fourth-order valence-electron chi connectivity index (χ4n) is 1.87. The molecule has 0 saturated heterocycles. The molecule has 1 aliphatic carbocycles. The first kappa shape index (κ1) is 13.9. The zero-order valence-corrected chi connectivity index (χ0v) is 10.5. The summed E-state index contributed by atoms with van der Waals surface area (Å²) in [5, 5.41) is 8.91. The van der Waals surface area contributed by atoms with Crippen LogP contribution in [0.4, 0.5) is 0 Å². The van der Waals surface area contributed by atoms with Crippen molar-refractivity contribution < 1.29 is 13.5 Å². The number of sulfonamides is 1. The van der Waals surface area contributed by atoms with E-state index in [0.717, 1.165) is 25.7 Å². The highest BCUT2D eigenvalue weighted by atomic mass is 32.2. The van der Waals surface area contributed by atoms with Crippen LogP contribution in [-0.4, -0.2) is 49.3 Å². The third kappa shape index (κ3) is 3.69. The lowest BCUT2D eigenvalue weighted by molar-refractivity contribution is 0.178. The smallest absolute Gasteiger partial charge is 0.214 e. The van der Waals surface area contributed by atoms with Crippen molar-refractivity contribution in [2.45, 2.75) is 38.1 Å². The van der Waals surface area contributed by atoms with Gasteiger partial charge in [0.2, 0.25) is 10.0 Å². The fraction of sp³-hybridized carbons (Fsp3) is 1.00. The van der Waals surface area contributed by atoms with Gasteiger partial charge in [0.05, 0.1) is 12.4 Å². The van der Waals surface area contributed by atoms with Gasteiger partial charge in [-0.1, -0.05) is 6.42 Å². The lowest BCUT2D eigenvalue weighted by Crippen LogP contribution is -2.46. The maximum Gasteiger partial charge on any atom is 0.214 e. The molecule has 0 aliphatic heterocycles. The minimum atomic E-state index is -3.20. The molecule has 0 heterocycles. The maximum atomic E-state index is 12.0. The Morgan fingerprint density at radius 2 is 2.00 bits per heavy atom. The van der Waals surface area contributed by atoms with Crippen LogP contribution in [0.3, 0.4) is 0 Å². The number of hydrogen-bond acceptors (Lipinski definition) is 4. The molecule has 0 radical (unpaired) electrons. The van der Waals surface area contributed by atoms with E-state index in [0.29, 0.717) is 13.0 Å². The van der Waals surface area contributed by atoms with Crippen LogP contribution in [-0.2, 0) is 10.0 Å². The first-order valence-corrected chi connectivity index (χ1v) is 7.53. The Hall–Kier alpha value is -0.170. The van der Waals surface area contributed by atoms with Gasteiger partial charge in [-0.25, -0.2) is 8.42 Å². The Labute approximate surface area is 97.7 Å². The van der Waals surface area contributed by atoms with Crippen molar-refractivity contribution in [2.75, 3.05) is 25.4 Å². The second-order valence-corrected chi connectivity index (χ2v) is 6.27. The molecule has 5 nitrogen and oxygen atoms in total. The van der Waals surface area contributed by atoms with Crippen LogP contribution in [0.1, 0.15) is 32.1 Å². The number of hydrogen-bond donors (Lipinski definition) is 2. The Kier molecular flexibility index (Phi) is 5.68. The normalized spacial score (nSPS) is 17.7. The van der Waals surface area contributed by atoms with Gasteiger partial charge in [0, 0.05) is 12.6 Å². The minimum absolute atomic E-state index is 0.105. The van der Waals surface area contributed by atoms with Crippen LogP contribution in [0.25, 0.3) is 0 Å². The van der Waals surface area contributed by atoms with Crippen LogP contribution in [0.2, 0.25) is 0 Å². The molecule has 1 rings (SSSR count). The molecule has 0 unspecified atom stereocenters. The van der Waals surface area contributed by atoms with Crippen LogP contribution in [0.15, 0.2) is 0 Å². The number of nitrogens with zero attached hydrogens (tertiary/aromatic N) is 1. The van der Waals surface area contributed by atoms with Gasteiger partial charge in [-0.15, -0.1) is 0 Å². The molecule has 0 aromatic heterocycles. The van der Waals surface area contributed by atoms with Crippen molar-refractivity contribution >= 4 is 10.0 Å². The lowest BCUT2D eigenvalue weighted by Gasteiger charge is -2.36. The molecule has 0 atom stereocenters. The van der Waals surface area contributed by atoms with Gasteiger partial charge in [0.15, 0.2) is 0 Å². The van der Waals surface area contributed by atoms with Gasteiger partial charge >= 0.3 is 0 Å². The van der Waals surface area contributed by atoms with Gasteiger partial charge in [-0.3, -0.25) is 0 Å². The molecular formula is C10H22N2O3S. The van der Waals surface area contributed by atoms with Gasteiger partial charge in [0.25, 0.3) is 0 Å². The second-order valence-electron chi connectivity index (χ2n) is 4.23. The summed E-state index contributed by atoms with van der Waals surface area (Å²) in [5.74, 6) is 0.153. The van der Waals surface area contributed by atoms with E-state index < -0.39 is 10.0 Å². The molecule has 0 bridgehead atoms. The van der Waals surface area contributed by atoms with Crippen molar-refractivity contribution in [1.82, 2.24) is 4.31 Å². The third-order valence-electron chi connectivity index (χ3n) is 3.02. The van der Waals surface area contributed by atoms with E-state index >= 15 is 0 Å². The van der Waals surface area contributed by atoms with Gasteiger partial charge in [-0.2, -0.15) is 4.31 Å². The summed E-state index contributed by atoms with van der Waals surface area (Å²) in [4.78, 5) is 0. The van der Waals surface area contributed by atoms with Crippen LogP contribution >= 0.6 is 0 Å². The topological polar surface area (TPSA) is 83.6 Å². The molecule has 0 aromatic rings. The van der Waals surface area contributed by atoms with E-state index in [1.54, 1.807) is 0 Å². The third-order valence-corrected chi connectivity index (χ3v) is 5.02. The van der Waals surface area contributed by atoms with Crippen molar-refractivity contribution in [1.29, 1.82) is 0 Å². The minimum Gasteiger partial charge on any atom is -0.395 e. The molecule has 1 saturated carbocycles. The summed E-state index contributed by atoms with van der Waals surface area (Å²) in [7, 11) is -3.20. The van der Waals surface area contributed by atoms with E-state index in [4.69, 9.17) is 10.8 Å². The quantitative estimate of drug-likeness (QED) is 0.589. The average Bonchev–Trinajstić information content (AvgIpc) is 2.14. The van der Waals surface area contributed by atoms with Crippen LogP contribution < -0.4 is 5.73 Å². The molecule has 96 valence electrons. The standard InChI is InChI=1S/C10H22N2O3S/c11-6-1-2-9-16(14,15)12(7-8-13)10-4-3-5-10/h10,13H,1-9,11H2. The molecule has 16 heavy (non-hydrogen) atoms. The monoisotopic (exact) mass is 250 g/mol. The lowest BCUT2D eigenvalue weighted by atomic mass is 9.93. The highest BCUT2D eigenvalue weighted by molar-refractivity contribution is 7.89. The van der Waals surface area contributed by atoms with Crippen LogP contribution in [0.5, 0.6) is 0 Å². The first-order valence-electron chi connectivity index (χ1n) is 5.92. The summed E-state index contributed by atoms with van der Waals surface area (Å²) in [6.45, 7) is 0.654. The van der Waals surface area contributed by atoms with Gasteiger partial charge in [-0.05, 0) is 32.2 Å². The SMILES string of the molecule is NCCCCS(=O)(=O)N(CCO)C1CCC1. The Bertz CT molecular complexity index is 288. The van der Waals surface area contributed by atoms with Crippen LogP contribution in [0, 0.1) is 0 Å². The van der Waals surface area contributed by atoms with E-state index in [2.05, 4.69) is 0 Å². The molecule has 1 fully saturated rings. The predicted molar refractivity (Wildman–Crippen MR) is 63.5 cm³/mol. The number of nitrogens with two attached hydrogens (primary N) is 1. The van der Waals surface area contributed by atoms with E-state index in [1.807, 2.05) is 0 Å². The van der Waals surface area contributed by atoms with E-state index in [-0.39, 0.29) is 24.9 Å². The number of rotatable bonds is 8. The maximum absolute atomic E-state index is 12.0. The highest BCUT2D eigenvalue weighted by Gasteiger charge is 2.32. The molecule has 1 aliphatic rings. The molecule has 6 heteroatoms. The Balaban J connectivity index is 2.53. The van der Waals surface area contributed by atoms with E-state index in [9.17, 15) is 8.42 Å². The summed E-state index contributed by atoms with van der Waals surface area (Å²) < 4.78 is 25.5. The number of aliphatic hydroxyl groups excluding tert-OH is 1. The molecule has 0 aromatic carbocycles. The Morgan fingerprint density at radius 1 is 1.31 bits per heavy atom. The summed E-state index contributed by atoms with van der Waals surface area (Å²) in [5.41, 5.74) is 5.34. The first-order chi connectivity index (χ1) is 7.61. The zero-order chi connectivity index (χ0) is 12.0. The number of aliphatic hydroxyl groups is 1. The molecule has 3 N–H and O–H groups in total. The molecule has 0 amide bonds. The van der Waals surface area contributed by atoms with Gasteiger partial charge in [0.1, 0.15) is 0 Å². The van der Waals surface area contributed by atoms with Crippen molar-refractivity contribution in [3.05, 3.63) is 0 Å². The fourth-order valence-corrected chi connectivity index (χ4v) is 3.70. The summed E-state index contributed by atoms with van der Waals surface area (Å²) in [6, 6.07) is 0.120. The molecular weight excluding hydrogens is 228 g/mol. The second kappa shape index (κ2) is 6.54. The van der Waals surface area contributed by atoms with Gasteiger partial charge < -0.3 is 10.8 Å². The number of unbranched alkanes of at least 4 members (excludes halogenated alkanes) is 1. The Morgan fingerprint density at radius 3 is 2.44 bits per heavy atom. The summed E-state index contributed by atoms with van der Waals surface area (Å²) >= 11 is 0. The van der Waals surface area contributed by atoms with Crippen molar-refractivity contribution in [3.8, 4) is 0 Å². The summed E-state index contributed by atoms with van der Waals surface area (Å²) in [6.07, 6.45) is 4.28. The highest BCUT2D eigenvalue weighted by Crippen LogP contribution is 2.27. The predicted octanol–water partition coefficient (Wildman–Crippen LogP) is -0.0981. The average molecular weight is 250 g/mol. The largest absolute Gasteiger partial charge is 0.395 e.